The fourth-order valence-electron chi connectivity index (χ4n) is 3.91. The van der Waals surface area contributed by atoms with Gasteiger partial charge in [0, 0.05) is 41.2 Å². The number of anilines is 1. The Morgan fingerprint density at radius 3 is 2.84 bits per heavy atom. The molecule has 0 aliphatic carbocycles. The molecule has 0 unspecified atom stereocenters. The van der Waals surface area contributed by atoms with Crippen molar-refractivity contribution in [3.63, 3.8) is 0 Å². The van der Waals surface area contributed by atoms with Crippen LogP contribution in [0, 0.1) is 0 Å². The molecule has 2 atom stereocenters. The molecule has 15 heteroatoms. The quantitative estimate of drug-likeness (QED) is 0.126. The molecule has 2 aliphatic heterocycles. The number of pyridine rings is 1. The Labute approximate surface area is 218 Å². The van der Waals surface area contributed by atoms with Crippen LogP contribution in [0.4, 0.5) is 5.13 Å². The second-order valence-corrected chi connectivity index (χ2v) is 9.98. The van der Waals surface area contributed by atoms with Crippen molar-refractivity contribution < 1.29 is 28.9 Å². The van der Waals surface area contributed by atoms with Crippen molar-refractivity contribution in [2.45, 2.75) is 24.6 Å². The van der Waals surface area contributed by atoms with Crippen LogP contribution in [0.15, 0.2) is 64.8 Å². The number of fused-ring (bicyclic) bond motifs is 1. The number of carbonyl (C=O) groups excluding carboxylic acids is 2. The Bertz CT molecular complexity index is 1390. The largest absolute Gasteiger partial charge is 0.477 e. The highest BCUT2D eigenvalue weighted by Gasteiger charge is 2.54. The van der Waals surface area contributed by atoms with Gasteiger partial charge in [-0.25, -0.2) is 19.3 Å². The first-order valence-corrected chi connectivity index (χ1v) is 12.9. The first kappa shape index (κ1) is 24.5. The van der Waals surface area contributed by atoms with Gasteiger partial charge in [-0.1, -0.05) is 11.2 Å². The number of oxime groups is 1. The van der Waals surface area contributed by atoms with Crippen LogP contribution in [0.25, 0.3) is 0 Å². The number of amides is 2. The molecule has 2 aliphatic rings. The van der Waals surface area contributed by atoms with Crippen molar-refractivity contribution in [3.05, 3.63) is 71.2 Å². The number of hydrogen-bond donors (Lipinski definition) is 4. The van der Waals surface area contributed by atoms with Crippen LogP contribution >= 0.6 is 23.1 Å². The number of imidazole rings is 1. The first-order chi connectivity index (χ1) is 17.9. The third kappa shape index (κ3) is 5.03. The highest BCUT2D eigenvalue weighted by atomic mass is 32.2. The normalized spacial score (nSPS) is 19.3. The zero-order valence-electron chi connectivity index (χ0n) is 19.1. The topological polar surface area (TPSA) is 180 Å². The number of aliphatic carboxylic acids is 1. The molecule has 3 aromatic heterocycles. The molecular weight excluding hydrogens is 520 g/mol. The number of carboxylic acid groups (broad SMARTS) is 1. The summed E-state index contributed by atoms with van der Waals surface area (Å²) in [5.41, 5.74) is 6.29. The summed E-state index contributed by atoms with van der Waals surface area (Å²) in [7, 11) is 0. The number of carbonyl (C=O) groups is 3. The van der Waals surface area contributed by atoms with Crippen molar-refractivity contribution in [1.82, 2.24) is 25.2 Å². The van der Waals surface area contributed by atoms with E-state index in [4.69, 9.17) is 10.6 Å². The lowest BCUT2D eigenvalue weighted by atomic mass is 10.0. The summed E-state index contributed by atoms with van der Waals surface area (Å²) in [4.78, 5) is 55.8. The van der Waals surface area contributed by atoms with Crippen LogP contribution in [0.2, 0.25) is 0 Å². The third-order valence-electron chi connectivity index (χ3n) is 5.58. The summed E-state index contributed by atoms with van der Waals surface area (Å²) >= 11 is 2.50. The Balaban J connectivity index is 1.32. The van der Waals surface area contributed by atoms with Crippen molar-refractivity contribution >= 4 is 51.7 Å². The highest BCUT2D eigenvalue weighted by molar-refractivity contribution is 8.00. The number of thioether (sulfide) groups is 1. The van der Waals surface area contributed by atoms with Gasteiger partial charge in [0.15, 0.2) is 36.4 Å². The number of hydrogen-bond acceptors (Lipinski definition) is 10. The predicted octanol–water partition coefficient (Wildman–Crippen LogP) is 0.0956. The van der Waals surface area contributed by atoms with E-state index in [9.17, 15) is 19.5 Å². The van der Waals surface area contributed by atoms with E-state index in [2.05, 4.69) is 25.4 Å². The molecule has 3 aromatic rings. The molecule has 5 heterocycles. The smallest absolute Gasteiger partial charge is 0.352 e. The van der Waals surface area contributed by atoms with E-state index in [0.717, 1.165) is 11.3 Å². The summed E-state index contributed by atoms with van der Waals surface area (Å²) in [6.07, 6.45) is 6.82. The lowest BCUT2D eigenvalue weighted by Gasteiger charge is -2.49. The monoisotopic (exact) mass is 541 g/mol. The summed E-state index contributed by atoms with van der Waals surface area (Å²) in [5, 5.41) is 17.7. The fraction of sp³-hybridized carbons (Fsp3) is 0.227. The summed E-state index contributed by atoms with van der Waals surface area (Å²) in [5.74, 6) is -1.52. The van der Waals surface area contributed by atoms with Crippen LogP contribution in [-0.4, -0.2) is 65.6 Å². The van der Waals surface area contributed by atoms with E-state index in [1.54, 1.807) is 17.8 Å². The van der Waals surface area contributed by atoms with Gasteiger partial charge in [0.25, 0.3) is 11.8 Å². The van der Waals surface area contributed by atoms with E-state index in [0.29, 0.717) is 23.7 Å². The molecule has 37 heavy (non-hydrogen) atoms. The van der Waals surface area contributed by atoms with Gasteiger partial charge in [-0.3, -0.25) is 14.5 Å². The zero-order chi connectivity index (χ0) is 25.9. The maximum Gasteiger partial charge on any atom is 0.352 e. The number of aromatic nitrogens is 4. The second-order valence-electron chi connectivity index (χ2n) is 7.99. The number of nitrogens with two attached hydrogens (primary N) is 1. The molecule has 2 amide bonds. The Morgan fingerprint density at radius 2 is 2.16 bits per heavy atom. The number of nitrogen functional groups attached to an aromatic ring is 1. The summed E-state index contributed by atoms with van der Waals surface area (Å²) < 4.78 is 1.84. The highest BCUT2D eigenvalue weighted by Crippen LogP contribution is 2.40. The van der Waals surface area contributed by atoms with Crippen LogP contribution in [0.5, 0.6) is 0 Å². The van der Waals surface area contributed by atoms with Gasteiger partial charge in [0.05, 0.1) is 0 Å². The minimum atomic E-state index is -1.19. The van der Waals surface area contributed by atoms with Gasteiger partial charge in [-0.2, -0.15) is 0 Å². The zero-order valence-corrected chi connectivity index (χ0v) is 20.7. The molecular formula is C22H21N8O5S2+. The van der Waals surface area contributed by atoms with Gasteiger partial charge in [-0.05, 0) is 0 Å². The number of β-lactam (4-membered cyclic amide) rings is 1. The van der Waals surface area contributed by atoms with E-state index in [-0.39, 0.29) is 28.8 Å². The van der Waals surface area contributed by atoms with Crippen LogP contribution < -0.4 is 15.6 Å². The SMILES string of the molecule is Nc1nc(C(=NOCc2ncc[nH]2)C(=O)N[C@@H]2C(=O)N3C(C(=O)O)=C(C[n+]4ccccc4)CS[C@H]23)cs1. The number of carboxylic acids is 1. The third-order valence-corrected chi connectivity index (χ3v) is 7.59. The van der Waals surface area contributed by atoms with Crippen molar-refractivity contribution in [2.75, 3.05) is 11.5 Å². The maximum atomic E-state index is 13.2. The van der Waals surface area contributed by atoms with Crippen molar-refractivity contribution in [2.24, 2.45) is 5.16 Å². The lowest BCUT2D eigenvalue weighted by Crippen LogP contribution is -2.71. The van der Waals surface area contributed by atoms with Crippen molar-refractivity contribution in [3.8, 4) is 0 Å². The minimum absolute atomic E-state index is 0.0209. The van der Waals surface area contributed by atoms with Crippen molar-refractivity contribution in [1.29, 1.82) is 0 Å². The number of H-pyrrole nitrogens is 1. The molecule has 190 valence electrons. The van der Waals surface area contributed by atoms with Crippen LogP contribution in [-0.2, 0) is 32.4 Å². The fourth-order valence-corrected chi connectivity index (χ4v) is 5.79. The standard InChI is InChI=1S/C22H20N8O5S2/c23-22-26-13(11-37-22)15(28-35-9-14-24-4-5-25-14)18(31)27-16-19(32)30-17(21(33)34)12(10-36-20(16)30)8-29-6-2-1-3-7-29/h1-7,11,16,20H,8-10H2,(H4-,23,24,25,26,27,31,33,34)/p+1/t16-,20-/m1/s1. The molecule has 0 spiro atoms. The Hall–Kier alpha value is -4.24. The molecule has 1 saturated heterocycles. The molecule has 0 saturated carbocycles. The molecule has 5 rings (SSSR count). The van der Waals surface area contributed by atoms with E-state index in [1.807, 2.05) is 35.2 Å². The van der Waals surface area contributed by atoms with Crippen LogP contribution in [0.1, 0.15) is 11.5 Å². The first-order valence-electron chi connectivity index (χ1n) is 11.0. The summed E-state index contributed by atoms with van der Waals surface area (Å²) in [6, 6.07) is 4.60. The van der Waals surface area contributed by atoms with Gasteiger partial charge in [-0.15, -0.1) is 23.1 Å². The van der Waals surface area contributed by atoms with Gasteiger partial charge in [0.2, 0.25) is 0 Å². The number of thiazole rings is 1. The molecule has 13 nitrogen and oxygen atoms in total. The average molecular weight is 542 g/mol. The number of nitrogens with zero attached hydrogens (tertiary/aromatic N) is 5. The molecule has 0 radical (unpaired) electrons. The Kier molecular flexibility index (Phi) is 6.87. The second kappa shape index (κ2) is 10.4. The minimum Gasteiger partial charge on any atom is -0.477 e. The molecule has 0 aromatic carbocycles. The van der Waals surface area contributed by atoms with E-state index in [1.165, 1.54) is 16.7 Å². The van der Waals surface area contributed by atoms with E-state index >= 15 is 0 Å². The maximum absolute atomic E-state index is 13.2. The molecule has 1 fully saturated rings. The Morgan fingerprint density at radius 1 is 1.35 bits per heavy atom. The number of nitrogens with one attached hydrogen (secondary N) is 2. The predicted molar refractivity (Wildman–Crippen MR) is 133 cm³/mol. The van der Waals surface area contributed by atoms with Gasteiger partial charge < -0.3 is 26.0 Å². The molecule has 0 bridgehead atoms. The molecule has 5 N–H and O–H groups in total. The van der Waals surface area contributed by atoms with E-state index < -0.39 is 29.2 Å². The van der Waals surface area contributed by atoms with Crippen LogP contribution in [0.3, 0.4) is 0 Å². The number of rotatable bonds is 9. The lowest BCUT2D eigenvalue weighted by molar-refractivity contribution is -0.689. The summed E-state index contributed by atoms with van der Waals surface area (Å²) in [6.45, 7) is 0.311. The average Bonchev–Trinajstić information content (AvgIpc) is 3.57. The van der Waals surface area contributed by atoms with Gasteiger partial charge >= 0.3 is 5.97 Å². The number of aromatic amines is 1. The van der Waals surface area contributed by atoms with Gasteiger partial charge in [0.1, 0.15) is 28.6 Å².